The minimum absolute atomic E-state index is 0.0494. The molecule has 0 spiro atoms. The number of hydrogen-bond acceptors (Lipinski definition) is 3. The van der Waals surface area contributed by atoms with Crippen molar-refractivity contribution < 1.29 is 9.53 Å². The first kappa shape index (κ1) is 12.9. The molecule has 0 aliphatic carbocycles. The van der Waals surface area contributed by atoms with Gasteiger partial charge in [-0.3, -0.25) is 0 Å². The lowest BCUT2D eigenvalue weighted by molar-refractivity contribution is 0.0238. The molecule has 0 fully saturated rings. The first-order valence-electron chi connectivity index (χ1n) is 6.65. The van der Waals surface area contributed by atoms with E-state index >= 15 is 0 Å². The van der Waals surface area contributed by atoms with Crippen molar-refractivity contribution >= 4 is 11.7 Å². The Morgan fingerprint density at radius 1 is 1.33 bits per heavy atom. The molecule has 1 N–H and O–H groups in total. The Morgan fingerprint density at radius 2 is 2.11 bits per heavy atom. The van der Waals surface area contributed by atoms with E-state index in [2.05, 4.69) is 19.2 Å². The molecule has 1 aliphatic rings. The number of anilines is 1. The molecule has 1 heterocycles. The van der Waals surface area contributed by atoms with Gasteiger partial charge in [0, 0.05) is 12.2 Å². The third kappa shape index (κ3) is 2.84. The van der Waals surface area contributed by atoms with Crippen LogP contribution < -0.4 is 5.32 Å². The second kappa shape index (κ2) is 5.42. The maximum Gasteiger partial charge on any atom is 0.338 e. The summed E-state index contributed by atoms with van der Waals surface area (Å²) in [4.78, 5) is 12.0. The summed E-state index contributed by atoms with van der Waals surface area (Å²) >= 11 is 0. The number of carbonyl (C=O) groups excluding carboxylic acids is 1. The number of nitrogens with one attached hydrogen (secondary N) is 1. The van der Waals surface area contributed by atoms with Crippen molar-refractivity contribution in [1.82, 2.24) is 0 Å². The number of hydrogen-bond donors (Lipinski definition) is 1. The number of fused-ring (bicyclic) bond motifs is 1. The van der Waals surface area contributed by atoms with E-state index in [4.69, 9.17) is 4.74 Å². The normalized spacial score (nSPS) is 15.8. The number of rotatable bonds is 3. The van der Waals surface area contributed by atoms with Crippen LogP contribution in [0, 0.1) is 5.92 Å². The summed E-state index contributed by atoms with van der Waals surface area (Å²) in [5.74, 6) is 0.123. The lowest BCUT2D eigenvalue weighted by Crippen LogP contribution is -2.20. The van der Waals surface area contributed by atoms with Crippen molar-refractivity contribution in [3.63, 3.8) is 0 Å². The minimum atomic E-state index is -0.218. The number of aryl methyl sites for hydroxylation is 1. The van der Waals surface area contributed by atoms with Crippen LogP contribution in [0.4, 0.5) is 5.69 Å². The number of carbonyl (C=O) groups is 1. The Bertz CT molecular complexity index is 440. The minimum Gasteiger partial charge on any atom is -0.459 e. The standard InChI is InChI=1S/C15H21NO2/c1-10(2)11(3)18-15(17)13-6-7-14-12(9-13)5-4-8-16-14/h6-7,9-11,16H,4-5,8H2,1-3H3. The maximum absolute atomic E-state index is 12.0. The Labute approximate surface area is 109 Å². The van der Waals surface area contributed by atoms with Gasteiger partial charge < -0.3 is 10.1 Å². The number of esters is 1. The van der Waals surface area contributed by atoms with Crippen LogP contribution in [-0.4, -0.2) is 18.6 Å². The van der Waals surface area contributed by atoms with Crippen LogP contribution in [0.5, 0.6) is 0 Å². The van der Waals surface area contributed by atoms with Crippen molar-refractivity contribution in [2.75, 3.05) is 11.9 Å². The quantitative estimate of drug-likeness (QED) is 0.833. The highest BCUT2D eigenvalue weighted by Gasteiger charge is 2.17. The zero-order valence-electron chi connectivity index (χ0n) is 11.3. The van der Waals surface area contributed by atoms with E-state index < -0.39 is 0 Å². The molecular weight excluding hydrogens is 226 g/mol. The maximum atomic E-state index is 12.0. The SMILES string of the molecule is CC(C)C(C)OC(=O)c1ccc2c(c1)CCCN2. The second-order valence-electron chi connectivity index (χ2n) is 5.26. The van der Waals surface area contributed by atoms with Crippen LogP contribution in [0.15, 0.2) is 18.2 Å². The molecule has 18 heavy (non-hydrogen) atoms. The molecule has 1 aliphatic heterocycles. The predicted octanol–water partition coefficient (Wildman–Crippen LogP) is 3.25. The summed E-state index contributed by atoms with van der Waals surface area (Å²) in [5, 5.41) is 3.34. The van der Waals surface area contributed by atoms with E-state index in [1.165, 1.54) is 5.56 Å². The lowest BCUT2D eigenvalue weighted by Gasteiger charge is -2.20. The molecule has 2 rings (SSSR count). The highest BCUT2D eigenvalue weighted by Crippen LogP contribution is 2.23. The Kier molecular flexibility index (Phi) is 3.90. The van der Waals surface area contributed by atoms with E-state index in [1.54, 1.807) is 0 Å². The third-order valence-electron chi connectivity index (χ3n) is 3.51. The summed E-state index contributed by atoms with van der Waals surface area (Å²) in [6, 6.07) is 5.77. The van der Waals surface area contributed by atoms with Gasteiger partial charge in [-0.25, -0.2) is 4.79 Å². The van der Waals surface area contributed by atoms with Crippen molar-refractivity contribution in [2.45, 2.75) is 39.7 Å². The van der Waals surface area contributed by atoms with Crippen LogP contribution in [0.1, 0.15) is 43.1 Å². The van der Waals surface area contributed by atoms with Crippen molar-refractivity contribution in [3.8, 4) is 0 Å². The highest BCUT2D eigenvalue weighted by molar-refractivity contribution is 5.90. The molecule has 0 saturated heterocycles. The van der Waals surface area contributed by atoms with Gasteiger partial charge in [0.2, 0.25) is 0 Å². The van der Waals surface area contributed by atoms with Gasteiger partial charge in [-0.15, -0.1) is 0 Å². The predicted molar refractivity (Wildman–Crippen MR) is 73.0 cm³/mol. The smallest absolute Gasteiger partial charge is 0.338 e. The van der Waals surface area contributed by atoms with Gasteiger partial charge in [-0.2, -0.15) is 0 Å². The molecule has 0 saturated carbocycles. The van der Waals surface area contributed by atoms with Crippen molar-refractivity contribution in [2.24, 2.45) is 5.92 Å². The summed E-state index contributed by atoms with van der Waals surface area (Å²) in [6.45, 7) is 7.05. The van der Waals surface area contributed by atoms with Gasteiger partial charge in [0.15, 0.2) is 0 Å². The fraction of sp³-hybridized carbons (Fsp3) is 0.533. The van der Waals surface area contributed by atoms with Crippen molar-refractivity contribution in [3.05, 3.63) is 29.3 Å². The molecule has 1 unspecified atom stereocenters. The molecular formula is C15H21NO2. The number of benzene rings is 1. The van der Waals surface area contributed by atoms with Crippen LogP contribution in [0.25, 0.3) is 0 Å². The van der Waals surface area contributed by atoms with Crippen molar-refractivity contribution in [1.29, 1.82) is 0 Å². The molecule has 0 bridgehead atoms. The van der Waals surface area contributed by atoms with E-state index in [-0.39, 0.29) is 12.1 Å². The molecule has 98 valence electrons. The van der Waals surface area contributed by atoms with Gasteiger partial charge in [0.25, 0.3) is 0 Å². The fourth-order valence-corrected chi connectivity index (χ4v) is 1.97. The van der Waals surface area contributed by atoms with E-state index in [0.29, 0.717) is 11.5 Å². The van der Waals surface area contributed by atoms with E-state index in [1.807, 2.05) is 25.1 Å². The summed E-state index contributed by atoms with van der Waals surface area (Å²) in [6.07, 6.45) is 2.10. The Hall–Kier alpha value is -1.51. The van der Waals surface area contributed by atoms with E-state index in [0.717, 1.165) is 25.1 Å². The van der Waals surface area contributed by atoms with Gasteiger partial charge in [-0.05, 0) is 49.4 Å². The average molecular weight is 247 g/mol. The third-order valence-corrected chi connectivity index (χ3v) is 3.51. The monoisotopic (exact) mass is 247 g/mol. The summed E-state index contributed by atoms with van der Waals surface area (Å²) < 4.78 is 5.43. The second-order valence-corrected chi connectivity index (χ2v) is 5.26. The molecule has 1 aromatic carbocycles. The van der Waals surface area contributed by atoms with Crippen LogP contribution in [0.2, 0.25) is 0 Å². The van der Waals surface area contributed by atoms with Gasteiger partial charge in [0.05, 0.1) is 5.56 Å². The summed E-state index contributed by atoms with van der Waals surface area (Å²) in [5.41, 5.74) is 3.02. The fourth-order valence-electron chi connectivity index (χ4n) is 1.97. The molecule has 0 radical (unpaired) electrons. The van der Waals surface area contributed by atoms with Crippen LogP contribution in [0.3, 0.4) is 0 Å². The molecule has 0 aromatic heterocycles. The zero-order valence-corrected chi connectivity index (χ0v) is 11.3. The van der Waals surface area contributed by atoms with Crippen LogP contribution in [-0.2, 0) is 11.2 Å². The first-order valence-corrected chi connectivity index (χ1v) is 6.65. The van der Waals surface area contributed by atoms with Crippen LogP contribution >= 0.6 is 0 Å². The molecule has 1 atom stereocenters. The molecule has 1 aromatic rings. The van der Waals surface area contributed by atoms with Gasteiger partial charge in [-0.1, -0.05) is 13.8 Å². The topological polar surface area (TPSA) is 38.3 Å². The Balaban J connectivity index is 2.11. The summed E-state index contributed by atoms with van der Waals surface area (Å²) in [7, 11) is 0. The van der Waals surface area contributed by atoms with Gasteiger partial charge in [0.1, 0.15) is 6.10 Å². The van der Waals surface area contributed by atoms with E-state index in [9.17, 15) is 4.79 Å². The average Bonchev–Trinajstić information content (AvgIpc) is 2.37. The molecule has 3 heteroatoms. The first-order chi connectivity index (χ1) is 8.58. The largest absolute Gasteiger partial charge is 0.459 e. The lowest BCUT2D eigenvalue weighted by atomic mass is 10.0. The molecule has 0 amide bonds. The zero-order chi connectivity index (χ0) is 13.1. The molecule has 3 nitrogen and oxygen atoms in total. The van der Waals surface area contributed by atoms with Gasteiger partial charge >= 0.3 is 5.97 Å². The Morgan fingerprint density at radius 3 is 2.83 bits per heavy atom. The number of ether oxygens (including phenoxy) is 1. The highest BCUT2D eigenvalue weighted by atomic mass is 16.5.